The molecule has 0 radical (unpaired) electrons. The smallest absolute Gasteiger partial charge is 0.282 e. The fraction of sp³-hybridized carbons (Fsp3) is 0.0833. The Balaban J connectivity index is 1.58. The Hall–Kier alpha value is -3.86. The van der Waals surface area contributed by atoms with Gasteiger partial charge in [0.15, 0.2) is 0 Å². The van der Waals surface area contributed by atoms with E-state index in [0.717, 1.165) is 11.1 Å². The highest BCUT2D eigenvalue weighted by Crippen LogP contribution is 2.26. The van der Waals surface area contributed by atoms with Crippen LogP contribution in [0.5, 0.6) is 5.75 Å². The lowest BCUT2D eigenvalue weighted by Crippen LogP contribution is -2.35. The van der Waals surface area contributed by atoms with Gasteiger partial charge < -0.3 is 4.74 Å². The predicted octanol–water partition coefficient (Wildman–Crippen LogP) is 4.04. The van der Waals surface area contributed by atoms with Crippen LogP contribution >= 0.6 is 0 Å². The molecule has 1 N–H and O–H groups in total. The van der Waals surface area contributed by atoms with Crippen LogP contribution in [-0.4, -0.2) is 11.8 Å². The Morgan fingerprint density at radius 3 is 2.48 bits per heavy atom. The molecule has 1 fully saturated rings. The van der Waals surface area contributed by atoms with Crippen molar-refractivity contribution < 1.29 is 14.3 Å². The second-order valence-electron chi connectivity index (χ2n) is 6.79. The van der Waals surface area contributed by atoms with Crippen LogP contribution in [0.4, 0.5) is 5.69 Å². The molecule has 0 saturated carbocycles. The molecule has 1 heterocycles. The summed E-state index contributed by atoms with van der Waals surface area (Å²) >= 11 is 0. The molecule has 144 valence electrons. The second-order valence-corrected chi connectivity index (χ2v) is 6.79. The van der Waals surface area contributed by atoms with Crippen LogP contribution in [0.3, 0.4) is 0 Å². The maximum Gasteiger partial charge on any atom is 0.282 e. The van der Waals surface area contributed by atoms with Crippen molar-refractivity contribution in [1.82, 2.24) is 5.43 Å². The molecule has 0 aliphatic carbocycles. The predicted molar refractivity (Wildman–Crippen MR) is 112 cm³/mol. The van der Waals surface area contributed by atoms with E-state index >= 15 is 0 Å². The number of aryl methyl sites for hydroxylation is 1. The Morgan fingerprint density at radius 1 is 0.931 bits per heavy atom. The van der Waals surface area contributed by atoms with Gasteiger partial charge in [-0.15, -0.1) is 0 Å². The number of nitrogens with one attached hydrogen (secondary N) is 1. The van der Waals surface area contributed by atoms with Crippen LogP contribution in [0.15, 0.2) is 84.4 Å². The van der Waals surface area contributed by atoms with Crippen molar-refractivity contribution in [3.63, 3.8) is 0 Å². The number of para-hydroxylation sites is 2. The first-order chi connectivity index (χ1) is 14.1. The molecule has 2 amide bonds. The molecule has 3 aromatic carbocycles. The van der Waals surface area contributed by atoms with Gasteiger partial charge in [0.1, 0.15) is 17.9 Å². The standard InChI is InChI=1S/C24H20N2O3/c1-17-8-7-9-18(14-17)16-29-22-13-6-5-10-19(22)15-21-23(27)25-26(24(21)28)20-11-3-2-4-12-20/h2-15H,16H2,1H3,(H,25,27)/b21-15+. The molecule has 5 nitrogen and oxygen atoms in total. The lowest BCUT2D eigenvalue weighted by atomic mass is 10.1. The number of carbonyl (C=O) groups is 2. The summed E-state index contributed by atoms with van der Waals surface area (Å²) in [5.74, 6) is -0.220. The highest BCUT2D eigenvalue weighted by atomic mass is 16.5. The average Bonchev–Trinajstić information content (AvgIpc) is 3.02. The number of hydrogen-bond donors (Lipinski definition) is 1. The van der Waals surface area contributed by atoms with Gasteiger partial charge >= 0.3 is 0 Å². The molecule has 0 spiro atoms. The minimum atomic E-state index is -0.438. The molecule has 3 aromatic rings. The molecule has 0 aromatic heterocycles. The van der Waals surface area contributed by atoms with Crippen molar-refractivity contribution in [2.45, 2.75) is 13.5 Å². The maximum absolute atomic E-state index is 12.8. The topological polar surface area (TPSA) is 58.6 Å². The van der Waals surface area contributed by atoms with Crippen LogP contribution < -0.4 is 15.2 Å². The summed E-state index contributed by atoms with van der Waals surface area (Å²) < 4.78 is 5.97. The molecular weight excluding hydrogens is 364 g/mol. The Kier molecular flexibility index (Phi) is 5.12. The molecular formula is C24H20N2O3. The molecule has 1 aliphatic heterocycles. The van der Waals surface area contributed by atoms with Crippen LogP contribution in [-0.2, 0) is 16.2 Å². The number of anilines is 1. The van der Waals surface area contributed by atoms with E-state index in [1.54, 1.807) is 18.2 Å². The van der Waals surface area contributed by atoms with Gasteiger partial charge in [0.2, 0.25) is 0 Å². The molecule has 1 saturated heterocycles. The van der Waals surface area contributed by atoms with Gasteiger partial charge in [-0.1, -0.05) is 66.2 Å². The average molecular weight is 384 g/mol. The number of rotatable bonds is 5. The summed E-state index contributed by atoms with van der Waals surface area (Å²) in [7, 11) is 0. The van der Waals surface area contributed by atoms with E-state index in [0.29, 0.717) is 23.6 Å². The number of nitrogens with zero attached hydrogens (tertiary/aromatic N) is 1. The molecule has 1 aliphatic rings. The first kappa shape index (κ1) is 18.5. The highest BCUT2D eigenvalue weighted by molar-refractivity contribution is 6.31. The molecule has 0 unspecified atom stereocenters. The lowest BCUT2D eigenvalue weighted by Gasteiger charge is -2.14. The summed E-state index contributed by atoms with van der Waals surface area (Å²) in [5.41, 5.74) is 6.18. The number of ether oxygens (including phenoxy) is 1. The SMILES string of the molecule is Cc1cccc(COc2ccccc2/C=C2\C(=O)NN(c3ccccc3)C2=O)c1. The normalized spacial score (nSPS) is 14.9. The van der Waals surface area contributed by atoms with E-state index in [1.807, 2.05) is 67.6 Å². The summed E-state index contributed by atoms with van der Waals surface area (Å²) in [4.78, 5) is 25.2. The van der Waals surface area contributed by atoms with Gasteiger partial charge in [-0.05, 0) is 36.8 Å². The lowest BCUT2D eigenvalue weighted by molar-refractivity contribution is -0.117. The van der Waals surface area contributed by atoms with Crippen molar-refractivity contribution in [3.05, 3.63) is 101 Å². The monoisotopic (exact) mass is 384 g/mol. The van der Waals surface area contributed by atoms with Crippen LogP contribution in [0, 0.1) is 6.92 Å². The third-order valence-electron chi connectivity index (χ3n) is 4.60. The third kappa shape index (κ3) is 4.04. The van der Waals surface area contributed by atoms with Crippen LogP contribution in [0.25, 0.3) is 6.08 Å². The zero-order chi connectivity index (χ0) is 20.2. The third-order valence-corrected chi connectivity index (χ3v) is 4.60. The molecule has 5 heteroatoms. The number of benzene rings is 3. The Morgan fingerprint density at radius 2 is 1.69 bits per heavy atom. The van der Waals surface area contributed by atoms with Gasteiger partial charge in [0.05, 0.1) is 5.69 Å². The summed E-state index contributed by atoms with van der Waals surface area (Å²) in [5, 5.41) is 1.25. The summed E-state index contributed by atoms with van der Waals surface area (Å²) in [6, 6.07) is 24.4. The van der Waals surface area contributed by atoms with E-state index in [1.165, 1.54) is 5.01 Å². The first-order valence-electron chi connectivity index (χ1n) is 9.31. The van der Waals surface area contributed by atoms with Gasteiger partial charge in [-0.3, -0.25) is 15.0 Å². The van der Waals surface area contributed by atoms with Crippen molar-refractivity contribution in [3.8, 4) is 5.75 Å². The number of hydrogen-bond acceptors (Lipinski definition) is 3. The van der Waals surface area contributed by atoms with E-state index in [4.69, 9.17) is 4.74 Å². The van der Waals surface area contributed by atoms with E-state index in [-0.39, 0.29) is 5.57 Å². The fourth-order valence-corrected chi connectivity index (χ4v) is 3.17. The van der Waals surface area contributed by atoms with Gasteiger partial charge in [0, 0.05) is 5.56 Å². The molecule has 0 bridgehead atoms. The quantitative estimate of drug-likeness (QED) is 0.534. The summed E-state index contributed by atoms with van der Waals surface area (Å²) in [6.45, 7) is 2.43. The molecule has 4 rings (SSSR count). The van der Waals surface area contributed by atoms with Gasteiger partial charge in [0.25, 0.3) is 11.8 Å². The fourth-order valence-electron chi connectivity index (χ4n) is 3.17. The zero-order valence-corrected chi connectivity index (χ0v) is 16.0. The Bertz CT molecular complexity index is 1090. The maximum atomic E-state index is 12.8. The van der Waals surface area contributed by atoms with Crippen LogP contribution in [0.2, 0.25) is 0 Å². The van der Waals surface area contributed by atoms with Crippen molar-refractivity contribution in [1.29, 1.82) is 0 Å². The van der Waals surface area contributed by atoms with Crippen molar-refractivity contribution in [2.24, 2.45) is 0 Å². The van der Waals surface area contributed by atoms with E-state index in [9.17, 15) is 9.59 Å². The van der Waals surface area contributed by atoms with Crippen LogP contribution in [0.1, 0.15) is 16.7 Å². The van der Waals surface area contributed by atoms with Gasteiger partial charge in [-0.2, -0.15) is 0 Å². The molecule has 0 atom stereocenters. The van der Waals surface area contributed by atoms with E-state index in [2.05, 4.69) is 11.5 Å². The minimum absolute atomic E-state index is 0.0699. The Labute approximate surface area is 169 Å². The second kappa shape index (κ2) is 8.02. The van der Waals surface area contributed by atoms with E-state index < -0.39 is 11.8 Å². The van der Waals surface area contributed by atoms with Crippen molar-refractivity contribution in [2.75, 3.05) is 5.01 Å². The van der Waals surface area contributed by atoms with Gasteiger partial charge in [-0.25, -0.2) is 5.01 Å². The number of hydrazine groups is 1. The summed E-state index contributed by atoms with van der Waals surface area (Å²) in [6.07, 6.45) is 1.58. The highest BCUT2D eigenvalue weighted by Gasteiger charge is 2.34. The van der Waals surface area contributed by atoms with Crippen molar-refractivity contribution >= 4 is 23.6 Å². The first-order valence-corrected chi connectivity index (χ1v) is 9.31. The molecule has 29 heavy (non-hydrogen) atoms. The number of carbonyl (C=O) groups excluding carboxylic acids is 2. The largest absolute Gasteiger partial charge is 0.488 e. The number of amides is 2. The zero-order valence-electron chi connectivity index (χ0n) is 16.0. The minimum Gasteiger partial charge on any atom is -0.488 e.